The normalized spacial score (nSPS) is 20.6. The van der Waals surface area contributed by atoms with Gasteiger partial charge in [0.15, 0.2) is 9.84 Å². The van der Waals surface area contributed by atoms with E-state index in [1.165, 1.54) is 0 Å². The highest BCUT2D eigenvalue weighted by Crippen LogP contribution is 2.27. The van der Waals surface area contributed by atoms with Crippen LogP contribution in [0.3, 0.4) is 0 Å². The minimum absolute atomic E-state index is 0.0733. The first-order valence-electron chi connectivity index (χ1n) is 6.54. The lowest BCUT2D eigenvalue weighted by atomic mass is 10.0. The number of nitrogens with one attached hydrogen (secondary N) is 1. The Labute approximate surface area is 119 Å². The Kier molecular flexibility index (Phi) is 4.32. The molecule has 0 bridgehead atoms. The molecule has 0 aromatic heterocycles. The van der Waals surface area contributed by atoms with Crippen LogP contribution in [0.25, 0.3) is 0 Å². The molecule has 1 heterocycles. The Morgan fingerprint density at radius 3 is 2.80 bits per heavy atom. The number of anilines is 1. The molecule has 110 valence electrons. The van der Waals surface area contributed by atoms with Crippen LogP contribution < -0.4 is 10.1 Å². The standard InChI is InChI=1S/C14H19NO4S/c1-10-3-4-13(19-2)12(7-10)15-14(16)8-11-5-6-20(17,18)9-11/h3-4,7,11H,5-6,8-9H2,1-2H3,(H,15,16). The van der Waals surface area contributed by atoms with Crippen LogP contribution in [0.4, 0.5) is 5.69 Å². The minimum Gasteiger partial charge on any atom is -0.495 e. The first kappa shape index (κ1) is 14.8. The Bertz CT molecular complexity index is 610. The van der Waals surface area contributed by atoms with Crippen molar-refractivity contribution in [2.75, 3.05) is 23.9 Å². The lowest BCUT2D eigenvalue weighted by molar-refractivity contribution is -0.116. The fourth-order valence-electron chi connectivity index (χ4n) is 2.42. The van der Waals surface area contributed by atoms with E-state index in [1.54, 1.807) is 13.2 Å². The van der Waals surface area contributed by atoms with Crippen molar-refractivity contribution in [3.8, 4) is 5.75 Å². The maximum atomic E-state index is 12.0. The summed E-state index contributed by atoms with van der Waals surface area (Å²) in [7, 11) is -1.39. The van der Waals surface area contributed by atoms with E-state index in [4.69, 9.17) is 4.74 Å². The van der Waals surface area contributed by atoms with E-state index in [1.807, 2.05) is 19.1 Å². The maximum absolute atomic E-state index is 12.0. The number of sulfone groups is 1. The van der Waals surface area contributed by atoms with Gasteiger partial charge in [0, 0.05) is 6.42 Å². The van der Waals surface area contributed by atoms with E-state index >= 15 is 0 Å². The molecule has 0 aliphatic carbocycles. The molecule has 1 N–H and O–H groups in total. The van der Waals surface area contributed by atoms with E-state index in [0.29, 0.717) is 17.9 Å². The summed E-state index contributed by atoms with van der Waals surface area (Å²) < 4.78 is 27.9. The molecule has 2 rings (SSSR count). The van der Waals surface area contributed by atoms with Gasteiger partial charge in [0.05, 0.1) is 24.3 Å². The van der Waals surface area contributed by atoms with Crippen LogP contribution >= 0.6 is 0 Å². The average molecular weight is 297 g/mol. The van der Waals surface area contributed by atoms with Crippen LogP contribution in [0.2, 0.25) is 0 Å². The summed E-state index contributed by atoms with van der Waals surface area (Å²) in [5.41, 5.74) is 1.64. The summed E-state index contributed by atoms with van der Waals surface area (Å²) in [5.74, 6) is 0.666. The largest absolute Gasteiger partial charge is 0.495 e. The fraction of sp³-hybridized carbons (Fsp3) is 0.500. The molecule has 6 heteroatoms. The van der Waals surface area contributed by atoms with E-state index in [9.17, 15) is 13.2 Å². The van der Waals surface area contributed by atoms with Gasteiger partial charge in [0.25, 0.3) is 0 Å². The number of amides is 1. The van der Waals surface area contributed by atoms with Crippen LogP contribution in [0.5, 0.6) is 5.75 Å². The second-order valence-electron chi connectivity index (χ2n) is 5.23. The zero-order chi connectivity index (χ0) is 14.8. The molecule has 5 nitrogen and oxygen atoms in total. The van der Waals surface area contributed by atoms with E-state index in [2.05, 4.69) is 5.32 Å². The van der Waals surface area contributed by atoms with Gasteiger partial charge in [-0.15, -0.1) is 0 Å². The van der Waals surface area contributed by atoms with Gasteiger partial charge in [0.1, 0.15) is 5.75 Å². The van der Waals surface area contributed by atoms with Crippen LogP contribution in [0.1, 0.15) is 18.4 Å². The molecule has 1 unspecified atom stereocenters. The predicted octanol–water partition coefficient (Wildman–Crippen LogP) is 1.77. The molecule has 1 amide bonds. The second kappa shape index (κ2) is 5.83. The summed E-state index contributed by atoms with van der Waals surface area (Å²) in [5, 5.41) is 2.80. The Morgan fingerprint density at radius 1 is 1.45 bits per heavy atom. The SMILES string of the molecule is COc1ccc(C)cc1NC(=O)CC1CCS(=O)(=O)C1. The van der Waals surface area contributed by atoms with Gasteiger partial charge in [-0.1, -0.05) is 6.07 Å². The first-order valence-corrected chi connectivity index (χ1v) is 8.36. The maximum Gasteiger partial charge on any atom is 0.224 e. The van der Waals surface area contributed by atoms with Crippen LogP contribution in [-0.4, -0.2) is 32.9 Å². The van der Waals surface area contributed by atoms with Gasteiger partial charge >= 0.3 is 0 Å². The van der Waals surface area contributed by atoms with Gasteiger partial charge in [0.2, 0.25) is 5.91 Å². The highest BCUT2D eigenvalue weighted by Gasteiger charge is 2.29. The third-order valence-electron chi connectivity index (χ3n) is 3.43. The highest BCUT2D eigenvalue weighted by atomic mass is 32.2. The van der Waals surface area contributed by atoms with E-state index in [-0.39, 0.29) is 29.8 Å². The Hall–Kier alpha value is -1.56. The lowest BCUT2D eigenvalue weighted by Crippen LogP contribution is -2.17. The van der Waals surface area contributed by atoms with Crippen molar-refractivity contribution in [1.29, 1.82) is 0 Å². The van der Waals surface area contributed by atoms with E-state index in [0.717, 1.165) is 5.56 Å². The van der Waals surface area contributed by atoms with Crippen molar-refractivity contribution in [2.45, 2.75) is 19.8 Å². The number of methoxy groups -OCH3 is 1. The summed E-state index contributed by atoms with van der Waals surface area (Å²) >= 11 is 0. The number of aryl methyl sites for hydroxylation is 1. The molecule has 1 aromatic rings. The number of hydrogen-bond acceptors (Lipinski definition) is 4. The molecule has 0 saturated carbocycles. The molecule has 20 heavy (non-hydrogen) atoms. The molecule has 0 radical (unpaired) electrons. The Morgan fingerprint density at radius 2 is 2.20 bits per heavy atom. The van der Waals surface area contributed by atoms with Crippen molar-refractivity contribution in [1.82, 2.24) is 0 Å². The van der Waals surface area contributed by atoms with Crippen LogP contribution in [-0.2, 0) is 14.6 Å². The van der Waals surface area contributed by atoms with Crippen LogP contribution in [0, 0.1) is 12.8 Å². The number of carbonyl (C=O) groups is 1. The number of benzene rings is 1. The number of ether oxygens (including phenoxy) is 1. The predicted molar refractivity (Wildman–Crippen MR) is 77.7 cm³/mol. The summed E-state index contributed by atoms with van der Waals surface area (Å²) in [6.45, 7) is 1.93. The summed E-state index contributed by atoms with van der Waals surface area (Å²) in [6.07, 6.45) is 0.803. The van der Waals surface area contributed by atoms with Crippen molar-refractivity contribution >= 4 is 21.4 Å². The smallest absolute Gasteiger partial charge is 0.224 e. The van der Waals surface area contributed by atoms with Gasteiger partial charge in [-0.2, -0.15) is 0 Å². The molecule has 1 aromatic carbocycles. The highest BCUT2D eigenvalue weighted by molar-refractivity contribution is 7.91. The Balaban J connectivity index is 2.00. The third-order valence-corrected chi connectivity index (χ3v) is 5.27. The summed E-state index contributed by atoms with van der Waals surface area (Å²) in [4.78, 5) is 12.0. The fourth-order valence-corrected chi connectivity index (χ4v) is 4.28. The van der Waals surface area contributed by atoms with Crippen molar-refractivity contribution < 1.29 is 17.9 Å². The van der Waals surface area contributed by atoms with Crippen molar-refractivity contribution in [3.63, 3.8) is 0 Å². The second-order valence-corrected chi connectivity index (χ2v) is 7.45. The summed E-state index contributed by atoms with van der Waals surface area (Å²) in [6, 6.07) is 5.53. The van der Waals surface area contributed by atoms with Crippen molar-refractivity contribution in [3.05, 3.63) is 23.8 Å². The quantitative estimate of drug-likeness (QED) is 0.919. The average Bonchev–Trinajstić information content (AvgIpc) is 2.68. The molecule has 1 aliphatic heterocycles. The zero-order valence-electron chi connectivity index (χ0n) is 11.7. The van der Waals surface area contributed by atoms with Crippen molar-refractivity contribution in [2.24, 2.45) is 5.92 Å². The van der Waals surface area contributed by atoms with Gasteiger partial charge in [-0.25, -0.2) is 8.42 Å². The first-order chi connectivity index (χ1) is 9.39. The third kappa shape index (κ3) is 3.72. The zero-order valence-corrected chi connectivity index (χ0v) is 12.5. The number of carbonyl (C=O) groups excluding carboxylic acids is 1. The van der Waals surface area contributed by atoms with Crippen LogP contribution in [0.15, 0.2) is 18.2 Å². The number of hydrogen-bond donors (Lipinski definition) is 1. The van der Waals surface area contributed by atoms with Gasteiger partial charge in [-0.05, 0) is 37.0 Å². The minimum atomic E-state index is -2.94. The van der Waals surface area contributed by atoms with E-state index < -0.39 is 9.84 Å². The molecule has 1 saturated heterocycles. The van der Waals surface area contributed by atoms with Gasteiger partial charge < -0.3 is 10.1 Å². The molecule has 1 atom stereocenters. The monoisotopic (exact) mass is 297 g/mol. The molecular weight excluding hydrogens is 278 g/mol. The van der Waals surface area contributed by atoms with Gasteiger partial charge in [-0.3, -0.25) is 4.79 Å². The molecule has 0 spiro atoms. The lowest BCUT2D eigenvalue weighted by Gasteiger charge is -2.12. The molecule has 1 aliphatic rings. The number of rotatable bonds is 4. The topological polar surface area (TPSA) is 72.5 Å². The molecular formula is C14H19NO4S. The molecule has 1 fully saturated rings.